The zero-order chi connectivity index (χ0) is 32.3. The van der Waals surface area contributed by atoms with Crippen LogP contribution in [0.4, 0.5) is 0 Å². The fraction of sp³-hybridized carbons (Fsp3) is 0. The summed E-state index contributed by atoms with van der Waals surface area (Å²) in [7, 11) is 0. The van der Waals surface area contributed by atoms with Gasteiger partial charge in [0.15, 0.2) is 5.82 Å². The van der Waals surface area contributed by atoms with Gasteiger partial charge in [0.2, 0.25) is 0 Å². The first kappa shape index (κ1) is 27.5. The predicted molar refractivity (Wildman–Crippen MR) is 205 cm³/mol. The molecule has 0 fully saturated rings. The van der Waals surface area contributed by atoms with Crippen LogP contribution in [0.15, 0.2) is 176 Å². The number of benzene rings is 8. The van der Waals surface area contributed by atoms with Gasteiger partial charge in [-0.15, -0.1) is 0 Å². The molecule has 49 heavy (non-hydrogen) atoms. The van der Waals surface area contributed by atoms with E-state index in [0.717, 1.165) is 33.8 Å². The number of fused-ring (bicyclic) bond motifs is 7. The largest absolute Gasteiger partial charge is 0.309 e. The summed E-state index contributed by atoms with van der Waals surface area (Å²) in [5, 5.41) is 9.69. The molecular formula is C46H29N3. The van der Waals surface area contributed by atoms with Gasteiger partial charge in [-0.25, -0.2) is 9.97 Å². The second-order valence-electron chi connectivity index (χ2n) is 12.6. The van der Waals surface area contributed by atoms with E-state index >= 15 is 0 Å². The molecule has 0 radical (unpaired) electrons. The van der Waals surface area contributed by atoms with Gasteiger partial charge in [-0.1, -0.05) is 127 Å². The van der Waals surface area contributed by atoms with Gasteiger partial charge in [0.05, 0.1) is 22.4 Å². The van der Waals surface area contributed by atoms with Gasteiger partial charge in [0.1, 0.15) is 0 Å². The van der Waals surface area contributed by atoms with Crippen LogP contribution in [0.3, 0.4) is 0 Å². The van der Waals surface area contributed by atoms with E-state index in [2.05, 4.69) is 180 Å². The van der Waals surface area contributed by atoms with Crippen LogP contribution in [0.2, 0.25) is 0 Å². The molecule has 0 spiro atoms. The van der Waals surface area contributed by atoms with E-state index in [1.54, 1.807) is 0 Å². The van der Waals surface area contributed by atoms with Crippen LogP contribution in [0.5, 0.6) is 0 Å². The van der Waals surface area contributed by atoms with Crippen molar-refractivity contribution in [3.05, 3.63) is 176 Å². The lowest BCUT2D eigenvalue weighted by Crippen LogP contribution is -1.98. The van der Waals surface area contributed by atoms with E-state index in [9.17, 15) is 0 Å². The number of hydrogen-bond acceptors (Lipinski definition) is 2. The first-order valence-electron chi connectivity index (χ1n) is 16.7. The van der Waals surface area contributed by atoms with E-state index in [4.69, 9.17) is 9.97 Å². The summed E-state index contributed by atoms with van der Waals surface area (Å²) < 4.78 is 2.34. The third-order valence-electron chi connectivity index (χ3n) is 9.80. The fourth-order valence-electron chi connectivity index (χ4n) is 7.53. The lowest BCUT2D eigenvalue weighted by molar-refractivity contribution is 1.16. The molecule has 0 aliphatic heterocycles. The molecule has 0 saturated heterocycles. The molecule has 228 valence electrons. The summed E-state index contributed by atoms with van der Waals surface area (Å²) in [4.78, 5) is 10.6. The van der Waals surface area contributed by atoms with Crippen LogP contribution in [0.1, 0.15) is 0 Å². The molecule has 10 aromatic rings. The SMILES string of the molecule is c1ccc2c(-c3cc(-c4cc5ccccc5c5ccccc45)nc(-c4ccc(-n5c6ccccc6c6ccccc65)cc4)n3)cccc2c1. The number of rotatable bonds is 4. The number of para-hydroxylation sites is 2. The number of aromatic nitrogens is 3. The van der Waals surface area contributed by atoms with E-state index in [0.29, 0.717) is 5.82 Å². The van der Waals surface area contributed by atoms with Gasteiger partial charge < -0.3 is 4.57 Å². The van der Waals surface area contributed by atoms with Crippen molar-refractivity contribution in [3.8, 4) is 39.6 Å². The van der Waals surface area contributed by atoms with Crippen molar-refractivity contribution in [3.63, 3.8) is 0 Å². The summed E-state index contributed by atoms with van der Waals surface area (Å²) in [6.45, 7) is 0. The molecule has 8 aromatic carbocycles. The summed E-state index contributed by atoms with van der Waals surface area (Å²) in [6.07, 6.45) is 0. The van der Waals surface area contributed by atoms with Gasteiger partial charge in [-0.3, -0.25) is 0 Å². The fourth-order valence-corrected chi connectivity index (χ4v) is 7.53. The Hall–Kier alpha value is -6.58. The van der Waals surface area contributed by atoms with Crippen LogP contribution in [-0.4, -0.2) is 14.5 Å². The minimum Gasteiger partial charge on any atom is -0.309 e. The van der Waals surface area contributed by atoms with E-state index in [1.807, 2.05) is 0 Å². The van der Waals surface area contributed by atoms with Gasteiger partial charge in [0, 0.05) is 33.2 Å². The molecule has 0 bridgehead atoms. The molecule has 2 heterocycles. The summed E-state index contributed by atoms with van der Waals surface area (Å²) in [5.74, 6) is 0.700. The highest BCUT2D eigenvalue weighted by Crippen LogP contribution is 2.38. The first-order chi connectivity index (χ1) is 24.3. The Kier molecular flexibility index (Phi) is 6.18. The van der Waals surface area contributed by atoms with Crippen molar-refractivity contribution in [1.82, 2.24) is 14.5 Å². The zero-order valence-corrected chi connectivity index (χ0v) is 26.6. The van der Waals surface area contributed by atoms with Gasteiger partial charge in [-0.2, -0.15) is 0 Å². The minimum atomic E-state index is 0.700. The summed E-state index contributed by atoms with van der Waals surface area (Å²) in [5.41, 5.74) is 8.45. The van der Waals surface area contributed by atoms with Gasteiger partial charge in [-0.05, 0) is 80.8 Å². The van der Waals surface area contributed by atoms with Crippen molar-refractivity contribution in [1.29, 1.82) is 0 Å². The van der Waals surface area contributed by atoms with Crippen LogP contribution in [-0.2, 0) is 0 Å². The molecule has 0 saturated carbocycles. The predicted octanol–water partition coefficient (Wildman–Crippen LogP) is 12.0. The Bertz CT molecular complexity index is 2820. The molecule has 3 heteroatoms. The molecule has 0 N–H and O–H groups in total. The Morgan fingerprint density at radius 3 is 1.59 bits per heavy atom. The lowest BCUT2D eigenvalue weighted by Gasteiger charge is -2.14. The molecule has 0 amide bonds. The van der Waals surface area contributed by atoms with E-state index < -0.39 is 0 Å². The molecule has 0 aliphatic carbocycles. The minimum absolute atomic E-state index is 0.700. The maximum Gasteiger partial charge on any atom is 0.160 e. The normalized spacial score (nSPS) is 11.7. The third kappa shape index (κ3) is 4.44. The highest BCUT2D eigenvalue weighted by Gasteiger charge is 2.17. The second-order valence-corrected chi connectivity index (χ2v) is 12.6. The standard InChI is InChI=1S/C46H29N3/c1-3-15-34-30(12-1)14-11-21-38(34)42-29-43(41-28-32-13-2-4-16-35(32)36-17-5-6-18-37(36)41)48-46(47-42)31-24-26-33(27-25-31)49-44-22-9-7-19-39(44)40-20-8-10-23-45(40)49/h1-29H. The molecule has 3 nitrogen and oxygen atoms in total. The number of nitrogens with zero attached hydrogens (tertiary/aromatic N) is 3. The van der Waals surface area contributed by atoms with Crippen molar-refractivity contribution in [2.24, 2.45) is 0 Å². The number of hydrogen-bond donors (Lipinski definition) is 0. The lowest BCUT2D eigenvalue weighted by atomic mass is 9.94. The average molecular weight is 624 g/mol. The highest BCUT2D eigenvalue weighted by atomic mass is 15.0. The van der Waals surface area contributed by atoms with Crippen molar-refractivity contribution in [2.75, 3.05) is 0 Å². The van der Waals surface area contributed by atoms with E-state index in [-0.39, 0.29) is 0 Å². The maximum atomic E-state index is 5.31. The Morgan fingerprint density at radius 2 is 0.878 bits per heavy atom. The quantitative estimate of drug-likeness (QED) is 0.183. The topological polar surface area (TPSA) is 30.7 Å². The van der Waals surface area contributed by atoms with E-state index in [1.165, 1.54) is 54.1 Å². The molecular weight excluding hydrogens is 595 g/mol. The van der Waals surface area contributed by atoms with Crippen molar-refractivity contribution >= 4 is 54.1 Å². The maximum absolute atomic E-state index is 5.31. The highest BCUT2D eigenvalue weighted by molar-refractivity contribution is 6.14. The van der Waals surface area contributed by atoms with Crippen molar-refractivity contribution < 1.29 is 0 Å². The monoisotopic (exact) mass is 623 g/mol. The Balaban J connectivity index is 1.19. The first-order valence-corrected chi connectivity index (χ1v) is 16.7. The van der Waals surface area contributed by atoms with Gasteiger partial charge in [0.25, 0.3) is 0 Å². The Labute approximate surface area is 283 Å². The average Bonchev–Trinajstić information content (AvgIpc) is 3.51. The van der Waals surface area contributed by atoms with Gasteiger partial charge >= 0.3 is 0 Å². The molecule has 10 rings (SSSR count). The van der Waals surface area contributed by atoms with Crippen LogP contribution >= 0.6 is 0 Å². The van der Waals surface area contributed by atoms with Crippen LogP contribution in [0.25, 0.3) is 93.7 Å². The van der Waals surface area contributed by atoms with Crippen LogP contribution < -0.4 is 0 Å². The molecule has 0 atom stereocenters. The molecule has 0 unspecified atom stereocenters. The summed E-state index contributed by atoms with van der Waals surface area (Å²) >= 11 is 0. The second kappa shape index (κ2) is 11.0. The molecule has 0 aliphatic rings. The Morgan fingerprint density at radius 1 is 0.347 bits per heavy atom. The zero-order valence-electron chi connectivity index (χ0n) is 26.6. The third-order valence-corrected chi connectivity index (χ3v) is 9.80. The smallest absolute Gasteiger partial charge is 0.160 e. The molecule has 2 aromatic heterocycles. The van der Waals surface area contributed by atoms with Crippen LogP contribution in [0, 0.1) is 0 Å². The van der Waals surface area contributed by atoms with Crippen molar-refractivity contribution in [2.45, 2.75) is 0 Å². The summed E-state index contributed by atoms with van der Waals surface area (Å²) in [6, 6.07) is 62.6.